The Morgan fingerprint density at radius 2 is 1.88 bits per heavy atom. The highest BCUT2D eigenvalue weighted by Crippen LogP contribution is 2.45. The van der Waals surface area contributed by atoms with Gasteiger partial charge in [0.25, 0.3) is 0 Å². The van der Waals surface area contributed by atoms with Crippen LogP contribution in [0.2, 0.25) is 5.02 Å². The maximum absolute atomic E-state index is 13.5. The molecule has 3 aromatic carbocycles. The van der Waals surface area contributed by atoms with E-state index in [1.807, 2.05) is 70.6 Å². The van der Waals surface area contributed by atoms with E-state index < -0.39 is 17.7 Å². The molecule has 1 fully saturated rings. The van der Waals surface area contributed by atoms with Crippen molar-refractivity contribution in [3.05, 3.63) is 70.4 Å². The Bertz CT molecular complexity index is 1930. The monoisotopic (exact) mass is 688 g/mol. The van der Waals surface area contributed by atoms with Crippen LogP contribution in [-0.2, 0) is 26.1 Å². The first-order chi connectivity index (χ1) is 23.0. The van der Waals surface area contributed by atoms with Crippen molar-refractivity contribution in [3.63, 3.8) is 0 Å². The van der Waals surface area contributed by atoms with Crippen LogP contribution >= 0.6 is 22.9 Å². The summed E-state index contributed by atoms with van der Waals surface area (Å²) in [5.41, 5.74) is 7.12. The van der Waals surface area contributed by atoms with Crippen LogP contribution in [0.3, 0.4) is 0 Å². The lowest BCUT2D eigenvalue weighted by atomic mass is 9.91. The number of fused-ring (bicyclic) bond motifs is 2. The maximum atomic E-state index is 13.5. The van der Waals surface area contributed by atoms with Crippen LogP contribution < -0.4 is 0 Å². The van der Waals surface area contributed by atoms with Gasteiger partial charge in [-0.15, -0.1) is 11.3 Å². The molecule has 1 aliphatic rings. The zero-order chi connectivity index (χ0) is 34.2. The van der Waals surface area contributed by atoms with Gasteiger partial charge in [-0.05, 0) is 102 Å². The zero-order valence-corrected chi connectivity index (χ0v) is 30.5. The van der Waals surface area contributed by atoms with E-state index in [9.17, 15) is 4.79 Å². The second kappa shape index (κ2) is 14.3. The Hall–Kier alpha value is -3.34. The fourth-order valence-electron chi connectivity index (χ4n) is 6.80. The van der Waals surface area contributed by atoms with Crippen molar-refractivity contribution < 1.29 is 19.0 Å². The Morgan fingerprint density at radius 3 is 2.58 bits per heavy atom. The van der Waals surface area contributed by atoms with Crippen LogP contribution in [0, 0.1) is 6.92 Å². The van der Waals surface area contributed by atoms with Gasteiger partial charge in [0, 0.05) is 60.3 Å². The maximum Gasteiger partial charge on any atom is 0.339 e. The summed E-state index contributed by atoms with van der Waals surface area (Å²) in [6.45, 7) is 13.7. The van der Waals surface area contributed by atoms with Gasteiger partial charge < -0.3 is 19.1 Å². The van der Waals surface area contributed by atoms with Crippen molar-refractivity contribution in [2.45, 2.75) is 65.1 Å². The normalized spacial score (nSPS) is 16.5. The molecule has 254 valence electrons. The van der Waals surface area contributed by atoms with Crippen molar-refractivity contribution in [1.29, 1.82) is 0 Å². The SMILES string of the molecule is CCOC(=O)[C@@H](OC(C)(C)C)c1c(C)cc2nc(-c3ccc4c(c3)c(C3CCCN(CCOC)C3)nn4C)sc2c1-c1ccc(Cl)cc1. The van der Waals surface area contributed by atoms with E-state index in [1.165, 1.54) is 5.39 Å². The molecule has 3 heterocycles. The molecule has 6 rings (SSSR count). The second-order valence-electron chi connectivity index (χ2n) is 13.6. The third kappa shape index (κ3) is 7.16. The van der Waals surface area contributed by atoms with E-state index in [4.69, 9.17) is 35.9 Å². The van der Waals surface area contributed by atoms with Gasteiger partial charge in [-0.1, -0.05) is 23.7 Å². The summed E-state index contributed by atoms with van der Waals surface area (Å²) >= 11 is 7.96. The number of thiazole rings is 1. The van der Waals surface area contributed by atoms with Gasteiger partial charge in [-0.3, -0.25) is 4.68 Å². The molecule has 1 aliphatic heterocycles. The summed E-state index contributed by atoms with van der Waals surface area (Å²) in [7, 11) is 3.78. The lowest BCUT2D eigenvalue weighted by molar-refractivity contribution is -0.166. The molecule has 0 N–H and O–H groups in total. The van der Waals surface area contributed by atoms with Crippen molar-refractivity contribution in [2.24, 2.45) is 7.05 Å². The number of hydrogen-bond donors (Lipinski definition) is 0. The number of carbonyl (C=O) groups excluding carboxylic acids is 1. The molecule has 8 nitrogen and oxygen atoms in total. The number of piperidine rings is 1. The van der Waals surface area contributed by atoms with Gasteiger partial charge in [0.15, 0.2) is 6.10 Å². The lowest BCUT2D eigenvalue weighted by Crippen LogP contribution is -2.36. The average Bonchev–Trinajstić information content (AvgIpc) is 3.63. The van der Waals surface area contributed by atoms with E-state index in [0.717, 1.165) is 93.3 Å². The molecular weight excluding hydrogens is 644 g/mol. The highest BCUT2D eigenvalue weighted by Gasteiger charge is 2.34. The Morgan fingerprint density at radius 1 is 1.12 bits per heavy atom. The Labute approximate surface area is 292 Å². The first-order valence-corrected chi connectivity index (χ1v) is 17.9. The molecule has 2 atom stereocenters. The fourth-order valence-corrected chi connectivity index (χ4v) is 8.05. The number of likely N-dealkylation sites (tertiary alicyclic amines) is 1. The summed E-state index contributed by atoms with van der Waals surface area (Å²) in [5, 5.41) is 7.76. The van der Waals surface area contributed by atoms with Gasteiger partial charge in [-0.25, -0.2) is 9.78 Å². The molecular formula is C38H45ClN4O4S. The molecule has 2 aromatic heterocycles. The molecule has 10 heteroatoms. The number of aryl methyl sites for hydroxylation is 2. The molecule has 0 aliphatic carbocycles. The number of nitrogens with zero attached hydrogens (tertiary/aromatic N) is 4. The molecule has 0 amide bonds. The number of rotatable bonds is 10. The molecule has 0 saturated carbocycles. The third-order valence-electron chi connectivity index (χ3n) is 8.92. The number of benzene rings is 3. The standard InChI is InChI=1S/C38H45ClN4O4S/c1-8-46-37(44)34(47-38(3,4)5)31-23(2)20-29-35(32(31)24-11-14-27(39)15-12-24)48-36(40-29)25-13-16-30-28(21-25)33(41-42(30)6)26-10-9-17-43(22-26)18-19-45-7/h11-16,20-21,26,34H,8-10,17-19,22H2,1-7H3/t26?,34-/m0/s1. The topological polar surface area (TPSA) is 78.7 Å². The van der Waals surface area contributed by atoms with Crippen LogP contribution in [0.5, 0.6) is 0 Å². The summed E-state index contributed by atoms with van der Waals surface area (Å²) < 4.78 is 20.4. The van der Waals surface area contributed by atoms with Gasteiger partial charge in [0.05, 0.1) is 40.2 Å². The number of ether oxygens (including phenoxy) is 3. The Kier molecular flexibility index (Phi) is 10.3. The number of hydrogen-bond acceptors (Lipinski definition) is 8. The first-order valence-electron chi connectivity index (χ1n) is 16.7. The van der Waals surface area contributed by atoms with E-state index >= 15 is 0 Å². The molecule has 0 spiro atoms. The number of methoxy groups -OCH3 is 1. The molecule has 1 unspecified atom stereocenters. The molecule has 5 aromatic rings. The largest absolute Gasteiger partial charge is 0.464 e. The van der Waals surface area contributed by atoms with E-state index in [2.05, 4.69) is 29.2 Å². The van der Waals surface area contributed by atoms with Crippen molar-refractivity contribution in [2.75, 3.05) is 40.0 Å². The summed E-state index contributed by atoms with van der Waals surface area (Å²) in [5.74, 6) is -0.0536. The van der Waals surface area contributed by atoms with Crippen LogP contribution in [0.15, 0.2) is 48.5 Å². The number of halogens is 1. The van der Waals surface area contributed by atoms with Gasteiger partial charge in [0.1, 0.15) is 5.01 Å². The summed E-state index contributed by atoms with van der Waals surface area (Å²) in [6, 6.07) is 16.3. The minimum atomic E-state index is -0.918. The van der Waals surface area contributed by atoms with Gasteiger partial charge in [-0.2, -0.15) is 5.10 Å². The lowest BCUT2D eigenvalue weighted by Gasteiger charge is -2.31. The summed E-state index contributed by atoms with van der Waals surface area (Å²) in [4.78, 5) is 21.2. The van der Waals surface area contributed by atoms with Crippen molar-refractivity contribution >= 4 is 50.0 Å². The van der Waals surface area contributed by atoms with Crippen LogP contribution in [0.25, 0.3) is 42.8 Å². The van der Waals surface area contributed by atoms with Crippen molar-refractivity contribution in [3.8, 4) is 21.7 Å². The van der Waals surface area contributed by atoms with E-state index in [1.54, 1.807) is 18.4 Å². The predicted octanol–water partition coefficient (Wildman–Crippen LogP) is 8.72. The van der Waals surface area contributed by atoms with Crippen LogP contribution in [0.1, 0.15) is 69.4 Å². The van der Waals surface area contributed by atoms with Crippen molar-refractivity contribution in [1.82, 2.24) is 19.7 Å². The predicted molar refractivity (Wildman–Crippen MR) is 195 cm³/mol. The van der Waals surface area contributed by atoms with Crippen LogP contribution in [0.4, 0.5) is 0 Å². The minimum Gasteiger partial charge on any atom is -0.464 e. The number of carbonyl (C=O) groups is 1. The van der Waals surface area contributed by atoms with Gasteiger partial charge >= 0.3 is 5.97 Å². The Balaban J connectivity index is 1.49. The van der Waals surface area contributed by atoms with Crippen LogP contribution in [-0.4, -0.2) is 71.2 Å². The average molecular weight is 689 g/mol. The smallest absolute Gasteiger partial charge is 0.339 e. The molecule has 0 radical (unpaired) electrons. The minimum absolute atomic E-state index is 0.260. The fraction of sp³-hybridized carbons (Fsp3) is 0.447. The highest BCUT2D eigenvalue weighted by molar-refractivity contribution is 7.22. The van der Waals surface area contributed by atoms with E-state index in [-0.39, 0.29) is 6.61 Å². The summed E-state index contributed by atoms with van der Waals surface area (Å²) in [6.07, 6.45) is 1.34. The molecule has 0 bridgehead atoms. The number of aromatic nitrogens is 3. The molecule has 48 heavy (non-hydrogen) atoms. The zero-order valence-electron chi connectivity index (χ0n) is 28.9. The second-order valence-corrected chi connectivity index (χ2v) is 15.0. The molecule has 1 saturated heterocycles. The number of esters is 1. The first kappa shape index (κ1) is 34.5. The highest BCUT2D eigenvalue weighted by atomic mass is 35.5. The van der Waals surface area contributed by atoms with E-state index in [0.29, 0.717) is 10.9 Å². The van der Waals surface area contributed by atoms with Gasteiger partial charge in [0.2, 0.25) is 0 Å². The third-order valence-corrected chi connectivity index (χ3v) is 10.3. The quantitative estimate of drug-likeness (QED) is 0.136.